The van der Waals surface area contributed by atoms with Crippen LogP contribution in [0, 0.1) is 5.92 Å². The topological polar surface area (TPSA) is 49.8 Å². The Hall–Kier alpha value is -1.55. The largest absolute Gasteiger partial charge is 0.497 e. The maximum atomic E-state index is 12.0. The van der Waals surface area contributed by atoms with E-state index < -0.39 is 5.60 Å². The molecule has 1 aromatic rings. The zero-order valence-corrected chi connectivity index (χ0v) is 12.4. The van der Waals surface area contributed by atoms with E-state index >= 15 is 0 Å². The Bertz CT molecular complexity index is 462. The van der Waals surface area contributed by atoms with Crippen LogP contribution in [0.1, 0.15) is 25.8 Å². The first-order valence-electron chi connectivity index (χ1n) is 7.05. The van der Waals surface area contributed by atoms with Gasteiger partial charge >= 0.3 is 0 Å². The molecule has 1 unspecified atom stereocenters. The first kappa shape index (κ1) is 14.9. The number of hydrogen-bond donors (Lipinski definition) is 1. The molecule has 1 aromatic carbocycles. The second-order valence-corrected chi connectivity index (χ2v) is 6.02. The molecule has 0 bridgehead atoms. The number of methoxy groups -OCH3 is 1. The zero-order chi connectivity index (χ0) is 14.8. The van der Waals surface area contributed by atoms with E-state index in [4.69, 9.17) is 4.74 Å². The molecule has 0 aromatic heterocycles. The second-order valence-electron chi connectivity index (χ2n) is 6.02. The summed E-state index contributed by atoms with van der Waals surface area (Å²) in [6.07, 6.45) is 1.95. The molecule has 0 spiro atoms. The van der Waals surface area contributed by atoms with Gasteiger partial charge in [0.2, 0.25) is 0 Å². The van der Waals surface area contributed by atoms with Gasteiger partial charge in [0.05, 0.1) is 7.11 Å². The molecule has 4 heteroatoms. The summed E-state index contributed by atoms with van der Waals surface area (Å²) in [6.45, 7) is 4.57. The summed E-state index contributed by atoms with van der Waals surface area (Å²) in [4.78, 5) is 13.8. The molecule has 1 aliphatic heterocycles. The third-order valence-corrected chi connectivity index (χ3v) is 3.78. The van der Waals surface area contributed by atoms with Gasteiger partial charge in [-0.1, -0.05) is 12.1 Å². The van der Waals surface area contributed by atoms with Crippen LogP contribution in [0.5, 0.6) is 5.75 Å². The monoisotopic (exact) mass is 277 g/mol. The van der Waals surface area contributed by atoms with Crippen molar-refractivity contribution in [2.45, 2.75) is 32.3 Å². The van der Waals surface area contributed by atoms with E-state index in [0.717, 1.165) is 31.7 Å². The third kappa shape index (κ3) is 3.51. The molecule has 1 fully saturated rings. The van der Waals surface area contributed by atoms with Crippen molar-refractivity contribution < 1.29 is 14.6 Å². The van der Waals surface area contributed by atoms with Gasteiger partial charge in [-0.25, -0.2) is 0 Å². The van der Waals surface area contributed by atoms with Gasteiger partial charge in [0.25, 0.3) is 5.91 Å². The van der Waals surface area contributed by atoms with Gasteiger partial charge in [-0.05, 0) is 50.3 Å². The fraction of sp³-hybridized carbons (Fsp3) is 0.562. The molecule has 0 saturated carbocycles. The van der Waals surface area contributed by atoms with E-state index in [0.29, 0.717) is 5.92 Å². The Morgan fingerprint density at radius 3 is 2.60 bits per heavy atom. The lowest BCUT2D eigenvalue weighted by atomic mass is 9.98. The van der Waals surface area contributed by atoms with Crippen molar-refractivity contribution in [1.82, 2.24) is 4.90 Å². The summed E-state index contributed by atoms with van der Waals surface area (Å²) < 4.78 is 5.14. The average molecular weight is 277 g/mol. The number of nitrogens with zero attached hydrogens (tertiary/aromatic N) is 1. The van der Waals surface area contributed by atoms with Crippen molar-refractivity contribution in [3.05, 3.63) is 29.8 Å². The summed E-state index contributed by atoms with van der Waals surface area (Å²) in [5.74, 6) is 1.16. The average Bonchev–Trinajstić information content (AvgIpc) is 2.86. The maximum Gasteiger partial charge on any atom is 0.253 e. The van der Waals surface area contributed by atoms with Crippen LogP contribution in [-0.4, -0.2) is 41.7 Å². The van der Waals surface area contributed by atoms with E-state index in [-0.39, 0.29) is 5.91 Å². The van der Waals surface area contributed by atoms with Crippen LogP contribution >= 0.6 is 0 Å². The number of rotatable bonds is 4. The standard InChI is InChI=1S/C16H23NO3/c1-16(2,19)15(18)17-9-8-13(11-17)10-12-4-6-14(20-3)7-5-12/h4-7,13,19H,8-11H2,1-3H3. The molecule has 0 radical (unpaired) electrons. The van der Waals surface area contributed by atoms with Crippen LogP contribution in [0.3, 0.4) is 0 Å². The van der Waals surface area contributed by atoms with Crippen LogP contribution in [-0.2, 0) is 11.2 Å². The zero-order valence-electron chi connectivity index (χ0n) is 12.4. The molecule has 110 valence electrons. The van der Waals surface area contributed by atoms with Crippen molar-refractivity contribution in [2.75, 3.05) is 20.2 Å². The van der Waals surface area contributed by atoms with Gasteiger partial charge in [0.1, 0.15) is 11.4 Å². The molecular weight excluding hydrogens is 254 g/mol. The predicted molar refractivity (Wildman–Crippen MR) is 77.7 cm³/mol. The summed E-state index contributed by atoms with van der Waals surface area (Å²) in [6, 6.07) is 8.06. The van der Waals surface area contributed by atoms with Crippen molar-refractivity contribution in [1.29, 1.82) is 0 Å². The first-order chi connectivity index (χ1) is 9.40. The molecule has 20 heavy (non-hydrogen) atoms. The Labute approximate surface area is 120 Å². The lowest BCUT2D eigenvalue weighted by Crippen LogP contribution is -2.44. The van der Waals surface area contributed by atoms with E-state index in [2.05, 4.69) is 12.1 Å². The third-order valence-electron chi connectivity index (χ3n) is 3.78. The molecule has 1 N–H and O–H groups in total. The minimum Gasteiger partial charge on any atom is -0.497 e. The van der Waals surface area contributed by atoms with Gasteiger partial charge in [0, 0.05) is 13.1 Å². The Morgan fingerprint density at radius 1 is 1.40 bits per heavy atom. The number of amides is 1. The fourth-order valence-electron chi connectivity index (χ4n) is 2.67. The number of likely N-dealkylation sites (tertiary alicyclic amines) is 1. The summed E-state index contributed by atoms with van der Waals surface area (Å²) in [5.41, 5.74) is -0.0111. The van der Waals surface area contributed by atoms with Crippen LogP contribution in [0.2, 0.25) is 0 Å². The first-order valence-corrected chi connectivity index (χ1v) is 7.05. The van der Waals surface area contributed by atoms with Crippen molar-refractivity contribution in [2.24, 2.45) is 5.92 Å². The molecule has 0 aliphatic carbocycles. The van der Waals surface area contributed by atoms with E-state index in [1.54, 1.807) is 25.9 Å². The lowest BCUT2D eigenvalue weighted by molar-refractivity contribution is -0.146. The molecule has 1 saturated heterocycles. The Morgan fingerprint density at radius 2 is 2.05 bits per heavy atom. The van der Waals surface area contributed by atoms with Gasteiger partial charge in [-0.2, -0.15) is 0 Å². The minimum absolute atomic E-state index is 0.172. The van der Waals surface area contributed by atoms with Crippen molar-refractivity contribution in [3.63, 3.8) is 0 Å². The highest BCUT2D eigenvalue weighted by Crippen LogP contribution is 2.24. The number of carbonyl (C=O) groups is 1. The number of carbonyl (C=O) groups excluding carboxylic acids is 1. The van der Waals surface area contributed by atoms with Gasteiger partial charge in [-0.15, -0.1) is 0 Å². The summed E-state index contributed by atoms with van der Waals surface area (Å²) in [5, 5.41) is 9.78. The quantitative estimate of drug-likeness (QED) is 0.914. The second kappa shape index (κ2) is 5.83. The SMILES string of the molecule is COc1ccc(CC2CCN(C(=O)C(C)(C)O)C2)cc1. The van der Waals surface area contributed by atoms with E-state index in [1.165, 1.54) is 5.56 Å². The van der Waals surface area contributed by atoms with Crippen LogP contribution in [0.4, 0.5) is 0 Å². The molecule has 1 atom stereocenters. The summed E-state index contributed by atoms with van der Waals surface area (Å²) >= 11 is 0. The Balaban J connectivity index is 1.91. The highest BCUT2D eigenvalue weighted by Gasteiger charge is 2.34. The fourth-order valence-corrected chi connectivity index (χ4v) is 2.67. The molecule has 4 nitrogen and oxygen atoms in total. The van der Waals surface area contributed by atoms with Crippen LogP contribution < -0.4 is 4.74 Å². The van der Waals surface area contributed by atoms with Crippen molar-refractivity contribution >= 4 is 5.91 Å². The molecular formula is C16H23NO3. The van der Waals surface area contributed by atoms with E-state index in [9.17, 15) is 9.90 Å². The number of ether oxygens (including phenoxy) is 1. The molecule has 1 aliphatic rings. The van der Waals surface area contributed by atoms with Gasteiger partial charge in [0.15, 0.2) is 0 Å². The smallest absolute Gasteiger partial charge is 0.253 e. The van der Waals surface area contributed by atoms with Crippen LogP contribution in [0.25, 0.3) is 0 Å². The summed E-state index contributed by atoms with van der Waals surface area (Å²) in [7, 11) is 1.66. The Kier molecular flexibility index (Phi) is 4.33. The number of hydrogen-bond acceptors (Lipinski definition) is 3. The molecule has 2 rings (SSSR count). The highest BCUT2D eigenvalue weighted by molar-refractivity contribution is 5.84. The minimum atomic E-state index is -1.27. The maximum absolute atomic E-state index is 12.0. The highest BCUT2D eigenvalue weighted by atomic mass is 16.5. The predicted octanol–water partition coefficient (Wildman–Crippen LogP) is 1.86. The molecule has 1 amide bonds. The van der Waals surface area contributed by atoms with Crippen molar-refractivity contribution in [3.8, 4) is 5.75 Å². The normalized spacial score (nSPS) is 19.2. The number of aliphatic hydroxyl groups is 1. The van der Waals surface area contributed by atoms with E-state index in [1.807, 2.05) is 12.1 Å². The molecule has 1 heterocycles. The van der Waals surface area contributed by atoms with Gasteiger partial charge in [-0.3, -0.25) is 4.79 Å². The van der Waals surface area contributed by atoms with Crippen LogP contribution in [0.15, 0.2) is 24.3 Å². The number of benzene rings is 1. The van der Waals surface area contributed by atoms with Gasteiger partial charge < -0.3 is 14.7 Å². The lowest BCUT2D eigenvalue weighted by Gasteiger charge is -2.24.